The number of nitrogens with zero attached hydrogens (tertiary/aromatic N) is 4. The van der Waals surface area contributed by atoms with Crippen molar-refractivity contribution < 1.29 is 9.53 Å². The quantitative estimate of drug-likeness (QED) is 0.788. The molecule has 0 spiro atoms. The van der Waals surface area contributed by atoms with Crippen LogP contribution in [0, 0.1) is 11.8 Å². The molecule has 0 aromatic carbocycles. The van der Waals surface area contributed by atoms with Gasteiger partial charge in [-0.1, -0.05) is 11.3 Å². The van der Waals surface area contributed by atoms with Crippen LogP contribution in [0.3, 0.4) is 0 Å². The Morgan fingerprint density at radius 2 is 2.12 bits per heavy atom. The molecule has 3 aliphatic heterocycles. The van der Waals surface area contributed by atoms with Crippen molar-refractivity contribution >= 4 is 22.4 Å². The lowest BCUT2D eigenvalue weighted by atomic mass is 9.95. The molecule has 1 saturated carbocycles. The molecule has 8 heteroatoms. The van der Waals surface area contributed by atoms with Gasteiger partial charge in [0.25, 0.3) is 0 Å². The summed E-state index contributed by atoms with van der Waals surface area (Å²) in [5.41, 5.74) is 0. The molecule has 4 fully saturated rings. The molecule has 25 heavy (non-hydrogen) atoms. The van der Waals surface area contributed by atoms with E-state index < -0.39 is 0 Å². The van der Waals surface area contributed by atoms with E-state index in [1.54, 1.807) is 7.11 Å². The number of carbonyl (C=O) groups excluding carboxylic acids is 1. The lowest BCUT2D eigenvalue weighted by molar-refractivity contribution is -0.117. The Bertz CT molecular complexity index is 606. The van der Waals surface area contributed by atoms with Crippen molar-refractivity contribution in [1.82, 2.24) is 20.0 Å². The van der Waals surface area contributed by atoms with Crippen LogP contribution in [0.2, 0.25) is 0 Å². The second-order valence-corrected chi connectivity index (χ2v) is 8.73. The van der Waals surface area contributed by atoms with E-state index in [1.807, 2.05) is 0 Å². The Morgan fingerprint density at radius 1 is 1.24 bits per heavy atom. The Morgan fingerprint density at radius 3 is 2.92 bits per heavy atom. The van der Waals surface area contributed by atoms with Crippen LogP contribution in [0.15, 0.2) is 0 Å². The summed E-state index contributed by atoms with van der Waals surface area (Å²) in [5.74, 6) is 1.66. The summed E-state index contributed by atoms with van der Waals surface area (Å²) in [4.78, 5) is 17.4. The zero-order chi connectivity index (χ0) is 17.2. The molecule has 3 saturated heterocycles. The monoisotopic (exact) mass is 365 g/mol. The molecule has 0 radical (unpaired) electrons. The summed E-state index contributed by atoms with van der Waals surface area (Å²) < 4.78 is 5.04. The van der Waals surface area contributed by atoms with Gasteiger partial charge in [-0.15, -0.1) is 10.2 Å². The fraction of sp³-hybridized carbons (Fsp3) is 0.824. The first-order chi connectivity index (χ1) is 12.2. The van der Waals surface area contributed by atoms with Gasteiger partial charge in [0.15, 0.2) is 0 Å². The number of carbonyl (C=O) groups is 1. The molecule has 7 nitrogen and oxygen atoms in total. The molecule has 1 N–H and O–H groups in total. The number of piperidine rings is 1. The lowest BCUT2D eigenvalue weighted by Crippen LogP contribution is -2.45. The summed E-state index contributed by atoms with van der Waals surface area (Å²) in [6.07, 6.45) is 5.41. The van der Waals surface area contributed by atoms with Gasteiger partial charge < -0.3 is 4.74 Å². The number of amides is 1. The van der Waals surface area contributed by atoms with Gasteiger partial charge in [0.2, 0.25) is 11.0 Å². The average molecular weight is 366 g/mol. The molecule has 2 atom stereocenters. The van der Waals surface area contributed by atoms with Crippen LogP contribution < -0.4 is 5.32 Å². The van der Waals surface area contributed by atoms with Crippen molar-refractivity contribution in [2.45, 2.75) is 38.3 Å². The van der Waals surface area contributed by atoms with Gasteiger partial charge in [-0.25, -0.2) is 0 Å². The number of anilines is 1. The number of fused-ring (bicyclic) bond motifs is 4. The van der Waals surface area contributed by atoms with Gasteiger partial charge in [0.05, 0.1) is 6.54 Å². The van der Waals surface area contributed by atoms with Gasteiger partial charge in [-0.2, -0.15) is 0 Å². The summed E-state index contributed by atoms with van der Waals surface area (Å²) >= 11 is 1.37. The number of ether oxygens (including phenoxy) is 1. The van der Waals surface area contributed by atoms with Gasteiger partial charge >= 0.3 is 0 Å². The molecule has 1 aromatic heterocycles. The number of hydrogen-bond donors (Lipinski definition) is 1. The van der Waals surface area contributed by atoms with Crippen molar-refractivity contribution in [2.24, 2.45) is 11.8 Å². The predicted octanol–water partition coefficient (Wildman–Crippen LogP) is 1.43. The fourth-order valence-corrected chi connectivity index (χ4v) is 4.84. The Labute approximate surface area is 152 Å². The van der Waals surface area contributed by atoms with Crippen LogP contribution >= 0.6 is 11.3 Å². The van der Waals surface area contributed by atoms with Crippen molar-refractivity contribution in [1.29, 1.82) is 0 Å². The smallest absolute Gasteiger partial charge is 0.240 e. The third-order valence-corrected chi connectivity index (χ3v) is 6.25. The second kappa shape index (κ2) is 7.65. The average Bonchev–Trinajstić information content (AvgIpc) is 3.34. The highest BCUT2D eigenvalue weighted by Crippen LogP contribution is 2.34. The minimum absolute atomic E-state index is 0.00941. The van der Waals surface area contributed by atoms with Gasteiger partial charge in [-0.3, -0.25) is 19.9 Å². The van der Waals surface area contributed by atoms with Crippen LogP contribution in [0.4, 0.5) is 5.13 Å². The molecule has 1 amide bonds. The van der Waals surface area contributed by atoms with Gasteiger partial charge in [0.1, 0.15) is 11.6 Å². The summed E-state index contributed by atoms with van der Waals surface area (Å²) in [7, 11) is 1.62. The van der Waals surface area contributed by atoms with Crippen LogP contribution in [0.5, 0.6) is 0 Å². The maximum atomic E-state index is 12.4. The zero-order valence-corrected chi connectivity index (χ0v) is 15.6. The molecule has 2 bridgehead atoms. The van der Waals surface area contributed by atoms with Crippen LogP contribution in [0.1, 0.15) is 30.7 Å². The molecular formula is C17H27N5O2S. The van der Waals surface area contributed by atoms with Crippen molar-refractivity contribution in [2.75, 3.05) is 45.2 Å². The van der Waals surface area contributed by atoms with Crippen molar-refractivity contribution in [3.05, 3.63) is 5.01 Å². The van der Waals surface area contributed by atoms with E-state index in [-0.39, 0.29) is 5.91 Å². The van der Waals surface area contributed by atoms with Gasteiger partial charge in [-0.05, 0) is 37.5 Å². The number of hydrogen-bond acceptors (Lipinski definition) is 7. The minimum Gasteiger partial charge on any atom is -0.377 e. The van der Waals surface area contributed by atoms with Crippen LogP contribution in [-0.4, -0.2) is 71.8 Å². The highest BCUT2D eigenvalue weighted by atomic mass is 32.1. The van der Waals surface area contributed by atoms with Crippen molar-refractivity contribution in [3.8, 4) is 0 Å². The summed E-state index contributed by atoms with van der Waals surface area (Å²) in [5, 5.41) is 12.2. The minimum atomic E-state index is 0.00941. The zero-order valence-electron chi connectivity index (χ0n) is 14.8. The van der Waals surface area contributed by atoms with E-state index in [2.05, 4.69) is 25.3 Å². The maximum absolute atomic E-state index is 12.4. The van der Waals surface area contributed by atoms with E-state index in [0.717, 1.165) is 24.0 Å². The highest BCUT2D eigenvalue weighted by molar-refractivity contribution is 7.15. The molecule has 5 rings (SSSR count). The third kappa shape index (κ3) is 4.55. The standard InChI is InChI=1S/C17H27N5O2S/c1-24-11-16-19-20-17(25-16)18-15(23)10-21-6-13-4-5-14(9-21)22(8-13)7-12-2-3-12/h12-14H,2-11H2,1H3,(H,18,20,23)/t13-,14+/m1/s1. The normalized spacial score (nSPS) is 27.4. The van der Waals surface area contributed by atoms with E-state index in [1.165, 1.54) is 50.1 Å². The first kappa shape index (κ1) is 17.3. The Balaban J connectivity index is 1.30. The van der Waals surface area contributed by atoms with E-state index in [0.29, 0.717) is 30.2 Å². The number of nitrogens with one attached hydrogen (secondary N) is 1. The first-order valence-electron chi connectivity index (χ1n) is 9.27. The molecule has 1 aromatic rings. The molecule has 0 unspecified atom stereocenters. The number of aromatic nitrogens is 2. The van der Waals surface area contributed by atoms with Crippen LogP contribution in [0.25, 0.3) is 0 Å². The summed E-state index contributed by atoms with van der Waals surface area (Å²) in [6, 6.07) is 0.627. The molecule has 1 aliphatic carbocycles. The van der Waals surface area contributed by atoms with E-state index in [9.17, 15) is 4.79 Å². The van der Waals surface area contributed by atoms with E-state index >= 15 is 0 Å². The second-order valence-electron chi connectivity index (χ2n) is 7.67. The SMILES string of the molecule is COCc1nnc(NC(=O)CN2C[C@H]3CC[C@@H](C2)N(CC2CC2)C3)s1. The Hall–Kier alpha value is -1.09. The first-order valence-corrected chi connectivity index (χ1v) is 10.1. The number of rotatable bonds is 7. The lowest BCUT2D eigenvalue weighted by Gasteiger charge is -2.36. The fourth-order valence-electron chi connectivity index (χ4n) is 4.11. The van der Waals surface area contributed by atoms with Crippen molar-refractivity contribution in [3.63, 3.8) is 0 Å². The topological polar surface area (TPSA) is 70.6 Å². The highest BCUT2D eigenvalue weighted by Gasteiger charge is 2.37. The summed E-state index contributed by atoms with van der Waals surface area (Å²) in [6.45, 7) is 5.42. The maximum Gasteiger partial charge on any atom is 0.240 e. The molecule has 4 heterocycles. The molecule has 4 aliphatic rings. The van der Waals surface area contributed by atoms with E-state index in [4.69, 9.17) is 4.74 Å². The third-order valence-electron chi connectivity index (χ3n) is 5.44. The van der Waals surface area contributed by atoms with Crippen LogP contribution in [-0.2, 0) is 16.1 Å². The largest absolute Gasteiger partial charge is 0.377 e. The predicted molar refractivity (Wildman–Crippen MR) is 96.5 cm³/mol. The molecule has 138 valence electrons. The Kier molecular flexibility index (Phi) is 5.30. The molecular weight excluding hydrogens is 338 g/mol. The van der Waals surface area contributed by atoms with Gasteiger partial charge in [0, 0.05) is 39.3 Å². The number of methoxy groups -OCH3 is 1.